The summed E-state index contributed by atoms with van der Waals surface area (Å²) in [5, 5.41) is 0. The van der Waals surface area contributed by atoms with Crippen LogP contribution in [0.4, 0.5) is 0 Å². The third-order valence-corrected chi connectivity index (χ3v) is 3.73. The van der Waals surface area contributed by atoms with E-state index in [9.17, 15) is 0 Å². The highest BCUT2D eigenvalue weighted by molar-refractivity contribution is 9.10. The summed E-state index contributed by atoms with van der Waals surface area (Å²) in [5.74, 6) is 0.359. The van der Waals surface area contributed by atoms with Gasteiger partial charge in [0.05, 0.1) is 11.4 Å². The number of fused-ring (bicyclic) bond motifs is 1. The topological polar surface area (TPSA) is 25.8 Å². The number of pyridine rings is 2. The van der Waals surface area contributed by atoms with Gasteiger partial charge < -0.3 is 0 Å². The first kappa shape index (κ1) is 10.9. The van der Waals surface area contributed by atoms with Crippen molar-refractivity contribution in [2.24, 2.45) is 0 Å². The molecule has 1 atom stereocenters. The molecule has 2 aromatic rings. The lowest BCUT2D eigenvalue weighted by molar-refractivity contribution is 0.587. The Labute approximate surface area is 109 Å². The normalized spacial score (nSPS) is 18.8. The van der Waals surface area contributed by atoms with E-state index in [2.05, 4.69) is 38.0 Å². The molecule has 0 aliphatic heterocycles. The van der Waals surface area contributed by atoms with Gasteiger partial charge in [0.15, 0.2) is 0 Å². The maximum Gasteiger partial charge on any atom is 0.106 e. The Morgan fingerprint density at radius 1 is 1.18 bits per heavy atom. The summed E-state index contributed by atoms with van der Waals surface area (Å²) in [5.41, 5.74) is 3.72. The molecule has 2 nitrogen and oxygen atoms in total. The van der Waals surface area contributed by atoms with Crippen molar-refractivity contribution in [3.63, 3.8) is 0 Å². The molecule has 2 heterocycles. The summed E-state index contributed by atoms with van der Waals surface area (Å²) < 4.78 is 0.901. The number of rotatable bonds is 1. The molecule has 0 N–H and O–H groups in total. The van der Waals surface area contributed by atoms with Crippen molar-refractivity contribution in [3.05, 3.63) is 58.1 Å². The summed E-state index contributed by atoms with van der Waals surface area (Å²) in [6, 6.07) is 10.3. The number of nitrogens with zero attached hydrogens (tertiary/aromatic N) is 2. The Bertz CT molecular complexity index is 539. The van der Waals surface area contributed by atoms with E-state index in [0.717, 1.165) is 23.1 Å². The molecule has 2 aromatic heterocycles. The van der Waals surface area contributed by atoms with Crippen molar-refractivity contribution in [1.82, 2.24) is 9.97 Å². The van der Waals surface area contributed by atoms with E-state index in [-0.39, 0.29) is 0 Å². The van der Waals surface area contributed by atoms with Gasteiger partial charge in [-0.15, -0.1) is 0 Å². The van der Waals surface area contributed by atoms with Crippen molar-refractivity contribution >= 4 is 15.9 Å². The van der Waals surface area contributed by atoms with Gasteiger partial charge in [-0.3, -0.25) is 4.98 Å². The molecule has 0 bridgehead atoms. The van der Waals surface area contributed by atoms with Crippen LogP contribution in [0, 0.1) is 0 Å². The maximum atomic E-state index is 4.57. The van der Waals surface area contributed by atoms with Gasteiger partial charge in [0.1, 0.15) is 4.60 Å². The molecular formula is C14H13BrN2. The molecule has 0 aromatic carbocycles. The molecule has 86 valence electrons. The molecule has 0 radical (unpaired) electrons. The van der Waals surface area contributed by atoms with Crippen molar-refractivity contribution < 1.29 is 0 Å². The Balaban J connectivity index is 2.06. The Hall–Kier alpha value is -1.22. The van der Waals surface area contributed by atoms with E-state index in [1.807, 2.05) is 24.4 Å². The van der Waals surface area contributed by atoms with Gasteiger partial charge in [-0.25, -0.2) is 4.98 Å². The molecule has 1 unspecified atom stereocenters. The van der Waals surface area contributed by atoms with E-state index in [4.69, 9.17) is 0 Å². The zero-order chi connectivity index (χ0) is 11.7. The highest BCUT2D eigenvalue weighted by Gasteiger charge is 2.23. The van der Waals surface area contributed by atoms with Crippen LogP contribution >= 0.6 is 15.9 Å². The lowest BCUT2D eigenvalue weighted by Crippen LogP contribution is -2.14. The lowest BCUT2D eigenvalue weighted by atomic mass is 9.84. The van der Waals surface area contributed by atoms with Crippen LogP contribution in [0.25, 0.3) is 0 Å². The summed E-state index contributed by atoms with van der Waals surface area (Å²) in [4.78, 5) is 9.12. The molecule has 1 aliphatic rings. The lowest BCUT2D eigenvalue weighted by Gasteiger charge is -2.23. The van der Waals surface area contributed by atoms with E-state index in [1.54, 1.807) is 0 Å². The Kier molecular flexibility index (Phi) is 2.93. The van der Waals surface area contributed by atoms with Gasteiger partial charge >= 0.3 is 0 Å². The molecule has 17 heavy (non-hydrogen) atoms. The molecule has 0 saturated carbocycles. The highest BCUT2D eigenvalue weighted by atomic mass is 79.9. The second kappa shape index (κ2) is 4.57. The van der Waals surface area contributed by atoms with Gasteiger partial charge in [0, 0.05) is 12.1 Å². The van der Waals surface area contributed by atoms with Crippen molar-refractivity contribution in [2.45, 2.75) is 25.2 Å². The number of aromatic nitrogens is 2. The quantitative estimate of drug-likeness (QED) is 0.748. The maximum absolute atomic E-state index is 4.57. The van der Waals surface area contributed by atoms with Crippen LogP contribution in [0.15, 0.2) is 41.1 Å². The second-order valence-electron chi connectivity index (χ2n) is 4.38. The fourth-order valence-electron chi connectivity index (χ4n) is 2.52. The standard InChI is InChI=1S/C14H13BrN2/c15-13-8-2-7-12(17-13)11-6-1-4-10-5-3-9-16-14(10)11/h2-3,5,7-9,11H,1,4,6H2. The average Bonchev–Trinajstić information content (AvgIpc) is 2.38. The van der Waals surface area contributed by atoms with Crippen LogP contribution in [-0.4, -0.2) is 9.97 Å². The first-order valence-corrected chi connectivity index (χ1v) is 6.70. The number of aryl methyl sites for hydroxylation is 1. The predicted octanol–water partition coefficient (Wildman–Crippen LogP) is 3.71. The molecular weight excluding hydrogens is 276 g/mol. The molecule has 0 spiro atoms. The molecule has 0 saturated heterocycles. The van der Waals surface area contributed by atoms with Gasteiger partial charge in [0.2, 0.25) is 0 Å². The largest absolute Gasteiger partial charge is 0.260 e. The van der Waals surface area contributed by atoms with Crippen LogP contribution in [0.3, 0.4) is 0 Å². The summed E-state index contributed by atoms with van der Waals surface area (Å²) in [7, 11) is 0. The summed E-state index contributed by atoms with van der Waals surface area (Å²) >= 11 is 3.44. The minimum Gasteiger partial charge on any atom is -0.260 e. The van der Waals surface area contributed by atoms with E-state index < -0.39 is 0 Å². The third-order valence-electron chi connectivity index (χ3n) is 3.29. The molecule has 0 fully saturated rings. The van der Waals surface area contributed by atoms with Crippen LogP contribution in [0.5, 0.6) is 0 Å². The number of halogens is 1. The van der Waals surface area contributed by atoms with Gasteiger partial charge in [-0.2, -0.15) is 0 Å². The first-order valence-electron chi connectivity index (χ1n) is 5.91. The fraction of sp³-hybridized carbons (Fsp3) is 0.286. The van der Waals surface area contributed by atoms with E-state index >= 15 is 0 Å². The van der Waals surface area contributed by atoms with Crippen LogP contribution in [-0.2, 0) is 6.42 Å². The van der Waals surface area contributed by atoms with Crippen molar-refractivity contribution in [2.75, 3.05) is 0 Å². The van der Waals surface area contributed by atoms with Gasteiger partial charge in [-0.05, 0) is 59.0 Å². The van der Waals surface area contributed by atoms with Gasteiger partial charge in [0.25, 0.3) is 0 Å². The first-order chi connectivity index (χ1) is 8.34. The zero-order valence-electron chi connectivity index (χ0n) is 9.44. The number of hydrogen-bond acceptors (Lipinski definition) is 2. The van der Waals surface area contributed by atoms with Crippen LogP contribution < -0.4 is 0 Å². The fourth-order valence-corrected chi connectivity index (χ4v) is 2.87. The Morgan fingerprint density at radius 2 is 2.12 bits per heavy atom. The molecule has 3 rings (SSSR count). The molecule has 0 amide bonds. The Morgan fingerprint density at radius 3 is 3.00 bits per heavy atom. The SMILES string of the molecule is Brc1cccc(C2CCCc3cccnc32)n1. The van der Waals surface area contributed by atoms with Crippen molar-refractivity contribution in [1.29, 1.82) is 0 Å². The van der Waals surface area contributed by atoms with E-state index in [0.29, 0.717) is 5.92 Å². The van der Waals surface area contributed by atoms with Gasteiger partial charge in [-0.1, -0.05) is 12.1 Å². The minimum absolute atomic E-state index is 0.359. The summed E-state index contributed by atoms with van der Waals surface area (Å²) in [6.45, 7) is 0. The second-order valence-corrected chi connectivity index (χ2v) is 5.19. The predicted molar refractivity (Wildman–Crippen MR) is 71.0 cm³/mol. The number of hydrogen-bond donors (Lipinski definition) is 0. The molecule has 3 heteroatoms. The van der Waals surface area contributed by atoms with Crippen molar-refractivity contribution in [3.8, 4) is 0 Å². The van der Waals surface area contributed by atoms with Crippen LogP contribution in [0.1, 0.15) is 35.7 Å². The minimum atomic E-state index is 0.359. The molecule has 1 aliphatic carbocycles. The monoisotopic (exact) mass is 288 g/mol. The zero-order valence-corrected chi connectivity index (χ0v) is 11.0. The van der Waals surface area contributed by atoms with Crippen LogP contribution in [0.2, 0.25) is 0 Å². The highest BCUT2D eigenvalue weighted by Crippen LogP contribution is 2.34. The summed E-state index contributed by atoms with van der Waals surface area (Å²) in [6.07, 6.45) is 5.40. The van der Waals surface area contributed by atoms with E-state index in [1.165, 1.54) is 17.7 Å². The average molecular weight is 289 g/mol. The smallest absolute Gasteiger partial charge is 0.106 e. The third kappa shape index (κ3) is 2.12.